The Morgan fingerprint density at radius 3 is 2.25 bits per heavy atom. The molecule has 0 aromatic heterocycles. The SMILES string of the molecule is C1=CC2C=CC3=C4C5=C(CC3)c3c(c(-c6ccccc6)c6cc7c(cc6c3-c3ccccc3)C3=c6c-7cccc6=C6C=CCCC6C3)C5=CC(=C1)C42. The quantitative estimate of drug-likeness (QED) is 0.177. The summed E-state index contributed by atoms with van der Waals surface area (Å²) < 4.78 is 0. The Bertz CT molecular complexity index is 2890. The lowest BCUT2D eigenvalue weighted by Gasteiger charge is -2.40. The highest BCUT2D eigenvalue weighted by atomic mass is 14.5. The predicted molar refractivity (Wildman–Crippen MR) is 216 cm³/mol. The van der Waals surface area contributed by atoms with Crippen LogP contribution in [0.1, 0.15) is 48.8 Å². The molecule has 3 atom stereocenters. The molecule has 0 radical (unpaired) electrons. The number of hydrogen-bond donors (Lipinski definition) is 0. The number of allylic oxidation sites excluding steroid dienone is 14. The number of benzene rings is 5. The Labute approximate surface area is 304 Å². The summed E-state index contributed by atoms with van der Waals surface area (Å²) in [5.74, 6) is 1.47. The molecule has 0 heteroatoms. The second-order valence-electron chi connectivity index (χ2n) is 16.0. The van der Waals surface area contributed by atoms with Gasteiger partial charge in [-0.1, -0.05) is 121 Å². The highest BCUT2D eigenvalue weighted by Crippen LogP contribution is 2.63. The lowest BCUT2D eigenvalue weighted by Crippen LogP contribution is -2.35. The standard InChI is InChI=1S/C52H36/c1-3-11-29(12-4-1)46-43-28-40-39(37-20-10-19-36-35-18-8-7-15-33(35)25-41(40)49(36)37)27-42(43)47(30-13-5-2-6-14-30)52-44-26-34-17-9-16-31-21-22-32-23-24-38(51(46)52)50(44)48(32)45(31)34/h1-6,8-14,16-22,26-28,31,33,45H,7,15,23-25H2. The molecule has 0 nitrogen and oxygen atoms in total. The predicted octanol–water partition coefficient (Wildman–Crippen LogP) is 11.4. The van der Waals surface area contributed by atoms with E-state index in [1.807, 2.05) is 0 Å². The molecule has 244 valence electrons. The molecule has 0 bridgehead atoms. The average Bonchev–Trinajstić information content (AvgIpc) is 3.70. The Balaban J connectivity index is 1.21. The van der Waals surface area contributed by atoms with Crippen molar-refractivity contribution >= 4 is 33.1 Å². The van der Waals surface area contributed by atoms with Crippen LogP contribution in [0, 0.1) is 17.8 Å². The zero-order valence-electron chi connectivity index (χ0n) is 29.0. The summed E-state index contributed by atoms with van der Waals surface area (Å²) in [5.41, 5.74) is 25.0. The average molecular weight is 661 g/mol. The first-order chi connectivity index (χ1) is 25.8. The van der Waals surface area contributed by atoms with E-state index >= 15 is 0 Å². The van der Waals surface area contributed by atoms with Gasteiger partial charge in [-0.3, -0.25) is 0 Å². The summed E-state index contributed by atoms with van der Waals surface area (Å²) in [6.45, 7) is 0. The summed E-state index contributed by atoms with van der Waals surface area (Å²) in [4.78, 5) is 0. The third-order valence-electron chi connectivity index (χ3n) is 13.6. The van der Waals surface area contributed by atoms with Crippen LogP contribution in [0.25, 0.3) is 66.4 Å². The molecule has 0 fully saturated rings. The van der Waals surface area contributed by atoms with Gasteiger partial charge in [0.2, 0.25) is 0 Å². The van der Waals surface area contributed by atoms with Crippen LogP contribution in [0.5, 0.6) is 0 Å². The molecule has 0 heterocycles. The van der Waals surface area contributed by atoms with Crippen molar-refractivity contribution in [3.8, 4) is 33.4 Å². The van der Waals surface area contributed by atoms with Crippen LogP contribution in [-0.4, -0.2) is 0 Å². The van der Waals surface area contributed by atoms with Crippen LogP contribution in [0.15, 0.2) is 162 Å². The van der Waals surface area contributed by atoms with Crippen molar-refractivity contribution in [1.82, 2.24) is 0 Å². The first kappa shape index (κ1) is 27.9. The van der Waals surface area contributed by atoms with Crippen LogP contribution >= 0.6 is 0 Å². The summed E-state index contributed by atoms with van der Waals surface area (Å²) in [6.07, 6.45) is 25.2. The summed E-state index contributed by atoms with van der Waals surface area (Å²) >= 11 is 0. The monoisotopic (exact) mass is 660 g/mol. The smallest absolute Gasteiger partial charge is 0.0196 e. The van der Waals surface area contributed by atoms with E-state index in [0.717, 1.165) is 19.3 Å². The summed E-state index contributed by atoms with van der Waals surface area (Å²) in [7, 11) is 0. The van der Waals surface area contributed by atoms with Gasteiger partial charge < -0.3 is 0 Å². The Morgan fingerprint density at radius 2 is 1.42 bits per heavy atom. The normalized spacial score (nSPS) is 23.3. The van der Waals surface area contributed by atoms with Gasteiger partial charge in [0.25, 0.3) is 0 Å². The molecule has 0 N–H and O–H groups in total. The molecule has 0 saturated carbocycles. The fraction of sp³-hybridized carbons (Fsp3) is 0.154. The number of rotatable bonds is 2. The van der Waals surface area contributed by atoms with Crippen LogP contribution in [-0.2, 0) is 0 Å². The molecule has 5 aromatic carbocycles. The van der Waals surface area contributed by atoms with Crippen molar-refractivity contribution in [2.24, 2.45) is 17.8 Å². The Kier molecular flexibility index (Phi) is 5.37. The van der Waals surface area contributed by atoms with Crippen LogP contribution in [0.4, 0.5) is 0 Å². The summed E-state index contributed by atoms with van der Waals surface area (Å²) in [5, 5.41) is 5.73. The lowest BCUT2D eigenvalue weighted by molar-refractivity contribution is 0.591. The van der Waals surface area contributed by atoms with Gasteiger partial charge in [0.15, 0.2) is 0 Å². The van der Waals surface area contributed by atoms with E-state index in [2.05, 4.69) is 140 Å². The fourth-order valence-corrected chi connectivity index (χ4v) is 11.6. The molecule has 0 saturated heterocycles. The van der Waals surface area contributed by atoms with Gasteiger partial charge >= 0.3 is 0 Å². The molecular weight excluding hydrogens is 625 g/mol. The minimum Gasteiger partial charge on any atom is -0.0842 e. The van der Waals surface area contributed by atoms with Gasteiger partial charge in [0, 0.05) is 11.8 Å². The van der Waals surface area contributed by atoms with E-state index < -0.39 is 0 Å². The van der Waals surface area contributed by atoms with Crippen LogP contribution in [0.2, 0.25) is 0 Å². The van der Waals surface area contributed by atoms with Crippen LogP contribution in [0.3, 0.4) is 0 Å². The zero-order valence-corrected chi connectivity index (χ0v) is 29.0. The van der Waals surface area contributed by atoms with Gasteiger partial charge in [-0.2, -0.15) is 0 Å². The lowest BCUT2D eigenvalue weighted by atomic mass is 9.63. The molecule has 8 aliphatic carbocycles. The van der Waals surface area contributed by atoms with Gasteiger partial charge in [-0.25, -0.2) is 0 Å². The molecule has 0 amide bonds. The van der Waals surface area contributed by atoms with Crippen molar-refractivity contribution in [3.63, 3.8) is 0 Å². The van der Waals surface area contributed by atoms with E-state index in [1.54, 1.807) is 33.4 Å². The van der Waals surface area contributed by atoms with Crippen molar-refractivity contribution in [1.29, 1.82) is 0 Å². The Hall–Kier alpha value is -5.72. The highest BCUT2D eigenvalue weighted by Gasteiger charge is 2.45. The van der Waals surface area contributed by atoms with Gasteiger partial charge in [0.05, 0.1) is 0 Å². The number of fused-ring (bicyclic) bond motifs is 8. The largest absolute Gasteiger partial charge is 0.0842 e. The number of hydrogen-bond acceptors (Lipinski definition) is 0. The van der Waals surface area contributed by atoms with E-state index in [-0.39, 0.29) is 0 Å². The van der Waals surface area contributed by atoms with Crippen molar-refractivity contribution in [3.05, 3.63) is 189 Å². The van der Waals surface area contributed by atoms with Crippen molar-refractivity contribution < 1.29 is 0 Å². The van der Waals surface area contributed by atoms with E-state index in [1.165, 1.54) is 95.3 Å². The second-order valence-corrected chi connectivity index (χ2v) is 16.0. The zero-order chi connectivity index (χ0) is 33.7. The van der Waals surface area contributed by atoms with E-state index in [9.17, 15) is 0 Å². The maximum Gasteiger partial charge on any atom is 0.0196 e. The molecule has 13 rings (SSSR count). The van der Waals surface area contributed by atoms with Crippen molar-refractivity contribution in [2.45, 2.75) is 32.1 Å². The molecular formula is C52H36. The third kappa shape index (κ3) is 3.44. The molecule has 3 unspecified atom stereocenters. The molecule has 0 aliphatic heterocycles. The first-order valence-electron chi connectivity index (χ1n) is 19.4. The third-order valence-corrected chi connectivity index (χ3v) is 13.6. The maximum atomic E-state index is 2.64. The van der Waals surface area contributed by atoms with Crippen molar-refractivity contribution in [2.75, 3.05) is 0 Å². The topological polar surface area (TPSA) is 0 Å². The van der Waals surface area contributed by atoms with Gasteiger partial charge in [-0.05, 0) is 172 Å². The minimum absolute atomic E-state index is 0.427. The first-order valence-corrected chi connectivity index (χ1v) is 19.4. The van der Waals surface area contributed by atoms with E-state index in [4.69, 9.17) is 0 Å². The van der Waals surface area contributed by atoms with Gasteiger partial charge in [0.1, 0.15) is 0 Å². The molecule has 52 heavy (non-hydrogen) atoms. The minimum atomic E-state index is 0.427. The Morgan fingerprint density at radius 1 is 0.635 bits per heavy atom. The molecule has 5 aromatic rings. The highest BCUT2D eigenvalue weighted by molar-refractivity contribution is 6.22. The molecule has 8 aliphatic rings. The molecule has 0 spiro atoms. The van der Waals surface area contributed by atoms with Gasteiger partial charge in [-0.15, -0.1) is 0 Å². The maximum absolute atomic E-state index is 2.64. The van der Waals surface area contributed by atoms with Crippen LogP contribution < -0.4 is 10.4 Å². The fourth-order valence-electron chi connectivity index (χ4n) is 11.6. The summed E-state index contributed by atoms with van der Waals surface area (Å²) in [6, 6.07) is 35.1. The second kappa shape index (κ2) is 9.99. The van der Waals surface area contributed by atoms with E-state index in [0.29, 0.717) is 17.8 Å².